The molecule has 3 aromatic rings. The first-order valence-corrected chi connectivity index (χ1v) is 12.1. The molecule has 1 aliphatic heterocycles. The summed E-state index contributed by atoms with van der Waals surface area (Å²) in [6.45, 7) is 6.06. The molecule has 2 N–H and O–H groups in total. The fourth-order valence-electron chi connectivity index (χ4n) is 3.94. The SMILES string of the molecule is Cc1nc(-c2ccc(NC(=O)c3cc(S(=O)(=O)N4CCCC[C@H]4C)ccc3C)cc2)n[nH]1. The van der Waals surface area contributed by atoms with Crippen molar-refractivity contribution in [2.75, 3.05) is 11.9 Å². The number of hydrogen-bond donors (Lipinski definition) is 2. The maximum absolute atomic E-state index is 13.2. The van der Waals surface area contributed by atoms with E-state index >= 15 is 0 Å². The zero-order valence-corrected chi connectivity index (χ0v) is 19.2. The molecule has 2 heterocycles. The second-order valence-corrected chi connectivity index (χ2v) is 10.1. The zero-order chi connectivity index (χ0) is 22.9. The first-order chi connectivity index (χ1) is 15.3. The molecule has 1 aromatic heterocycles. The molecule has 1 saturated heterocycles. The summed E-state index contributed by atoms with van der Waals surface area (Å²) in [5, 5.41) is 9.78. The number of nitrogens with one attached hydrogen (secondary N) is 2. The number of hydrogen-bond acceptors (Lipinski definition) is 5. The van der Waals surface area contributed by atoms with Crippen molar-refractivity contribution in [3.8, 4) is 11.4 Å². The Hall–Kier alpha value is -3.04. The molecule has 9 heteroatoms. The van der Waals surface area contributed by atoms with Gasteiger partial charge in [-0.15, -0.1) is 0 Å². The lowest BCUT2D eigenvalue weighted by Crippen LogP contribution is -2.42. The fraction of sp³-hybridized carbons (Fsp3) is 0.348. The van der Waals surface area contributed by atoms with Crippen LogP contribution in [0.5, 0.6) is 0 Å². The lowest BCUT2D eigenvalue weighted by atomic mass is 10.1. The van der Waals surface area contributed by atoms with Gasteiger partial charge in [-0.3, -0.25) is 9.89 Å². The number of anilines is 1. The summed E-state index contributed by atoms with van der Waals surface area (Å²) in [6.07, 6.45) is 2.73. The summed E-state index contributed by atoms with van der Waals surface area (Å²) < 4.78 is 27.9. The number of carbonyl (C=O) groups is 1. The molecule has 168 valence electrons. The maximum atomic E-state index is 13.2. The van der Waals surface area contributed by atoms with Gasteiger partial charge in [0.05, 0.1) is 4.90 Å². The molecule has 4 rings (SSSR count). The number of aromatic nitrogens is 3. The van der Waals surface area contributed by atoms with Gasteiger partial charge >= 0.3 is 0 Å². The van der Waals surface area contributed by atoms with Crippen LogP contribution in [0.25, 0.3) is 11.4 Å². The van der Waals surface area contributed by atoms with Gasteiger partial charge in [-0.05, 0) is 75.6 Å². The molecule has 2 aromatic carbocycles. The highest BCUT2D eigenvalue weighted by Gasteiger charge is 2.31. The average molecular weight is 454 g/mol. The molecule has 1 atom stereocenters. The molecule has 0 aliphatic carbocycles. The van der Waals surface area contributed by atoms with E-state index < -0.39 is 10.0 Å². The van der Waals surface area contributed by atoms with E-state index in [-0.39, 0.29) is 16.8 Å². The Labute approximate surface area is 188 Å². The van der Waals surface area contributed by atoms with E-state index in [1.807, 2.05) is 26.0 Å². The molecule has 0 spiro atoms. The summed E-state index contributed by atoms with van der Waals surface area (Å²) in [5.41, 5.74) is 2.47. The number of sulfonamides is 1. The Kier molecular flexibility index (Phi) is 6.12. The van der Waals surface area contributed by atoms with Crippen LogP contribution >= 0.6 is 0 Å². The Bertz CT molecular complexity index is 1230. The smallest absolute Gasteiger partial charge is 0.255 e. The number of aryl methyl sites for hydroxylation is 2. The number of carbonyl (C=O) groups excluding carboxylic acids is 1. The molecule has 0 saturated carbocycles. The van der Waals surface area contributed by atoms with Crippen molar-refractivity contribution in [3.63, 3.8) is 0 Å². The molecule has 0 bridgehead atoms. The number of aromatic amines is 1. The maximum Gasteiger partial charge on any atom is 0.255 e. The molecule has 0 unspecified atom stereocenters. The van der Waals surface area contributed by atoms with Crippen LogP contribution in [-0.4, -0.2) is 46.4 Å². The molecular formula is C23H27N5O3S. The monoisotopic (exact) mass is 453 g/mol. The van der Waals surface area contributed by atoms with E-state index in [2.05, 4.69) is 20.5 Å². The van der Waals surface area contributed by atoms with Crippen LogP contribution in [0.2, 0.25) is 0 Å². The molecule has 0 radical (unpaired) electrons. The Balaban J connectivity index is 1.55. The van der Waals surface area contributed by atoms with Crippen molar-refractivity contribution in [1.29, 1.82) is 0 Å². The van der Waals surface area contributed by atoms with Crippen molar-refractivity contribution in [1.82, 2.24) is 19.5 Å². The van der Waals surface area contributed by atoms with E-state index in [1.165, 1.54) is 6.07 Å². The van der Waals surface area contributed by atoms with E-state index in [0.29, 0.717) is 29.2 Å². The minimum Gasteiger partial charge on any atom is -0.322 e. The van der Waals surface area contributed by atoms with Crippen LogP contribution < -0.4 is 5.32 Å². The third-order valence-electron chi connectivity index (χ3n) is 5.80. The Morgan fingerprint density at radius 1 is 1.12 bits per heavy atom. The first kappa shape index (κ1) is 22.2. The summed E-state index contributed by atoms with van der Waals surface area (Å²) in [7, 11) is -3.65. The summed E-state index contributed by atoms with van der Waals surface area (Å²) in [6, 6.07) is 11.9. The van der Waals surface area contributed by atoms with Crippen molar-refractivity contribution in [2.24, 2.45) is 0 Å². The molecule has 8 nitrogen and oxygen atoms in total. The second-order valence-electron chi connectivity index (χ2n) is 8.21. The predicted octanol–water partition coefficient (Wildman–Crippen LogP) is 3.90. The van der Waals surface area contributed by atoms with Crippen LogP contribution in [0.15, 0.2) is 47.4 Å². The van der Waals surface area contributed by atoms with Crippen LogP contribution in [-0.2, 0) is 10.0 Å². The summed E-state index contributed by atoms with van der Waals surface area (Å²) in [4.78, 5) is 17.4. The predicted molar refractivity (Wildman–Crippen MR) is 123 cm³/mol. The fourth-order valence-corrected chi connectivity index (χ4v) is 5.67. The Morgan fingerprint density at radius 3 is 2.53 bits per heavy atom. The van der Waals surface area contributed by atoms with Gasteiger partial charge in [-0.2, -0.15) is 9.40 Å². The quantitative estimate of drug-likeness (QED) is 0.609. The van der Waals surface area contributed by atoms with Gasteiger partial charge in [0.1, 0.15) is 5.82 Å². The van der Waals surface area contributed by atoms with Crippen molar-refractivity contribution in [2.45, 2.75) is 51.0 Å². The topological polar surface area (TPSA) is 108 Å². The summed E-state index contributed by atoms with van der Waals surface area (Å²) in [5.74, 6) is 0.954. The van der Waals surface area contributed by atoms with Crippen LogP contribution in [0.4, 0.5) is 5.69 Å². The van der Waals surface area contributed by atoms with E-state index in [9.17, 15) is 13.2 Å². The standard InChI is InChI=1S/C23H27N5O3S/c1-15-7-12-20(32(30,31)28-13-5-4-6-16(28)2)14-21(15)23(29)25-19-10-8-18(9-11-19)22-24-17(3)26-27-22/h7-12,14,16H,4-6,13H2,1-3H3,(H,25,29)(H,24,26,27)/t16-/m1/s1. The normalized spacial score (nSPS) is 17.3. The lowest BCUT2D eigenvalue weighted by molar-refractivity contribution is 0.102. The molecule has 32 heavy (non-hydrogen) atoms. The van der Waals surface area contributed by atoms with Crippen LogP contribution in [0.1, 0.15) is 47.9 Å². The number of H-pyrrole nitrogens is 1. The average Bonchev–Trinajstić information content (AvgIpc) is 3.21. The van der Waals surface area contributed by atoms with Crippen molar-refractivity contribution < 1.29 is 13.2 Å². The van der Waals surface area contributed by atoms with Gasteiger partial charge in [0, 0.05) is 29.4 Å². The van der Waals surface area contributed by atoms with E-state index in [4.69, 9.17) is 0 Å². The van der Waals surface area contributed by atoms with Gasteiger partial charge in [0.25, 0.3) is 5.91 Å². The minimum absolute atomic E-state index is 0.0429. The van der Waals surface area contributed by atoms with Crippen molar-refractivity contribution in [3.05, 3.63) is 59.4 Å². The van der Waals surface area contributed by atoms with Gasteiger partial charge in [0.2, 0.25) is 10.0 Å². The number of piperidine rings is 1. The minimum atomic E-state index is -3.65. The van der Waals surface area contributed by atoms with Gasteiger partial charge in [-0.1, -0.05) is 12.5 Å². The zero-order valence-electron chi connectivity index (χ0n) is 18.4. The second kappa shape index (κ2) is 8.84. The highest BCUT2D eigenvalue weighted by atomic mass is 32.2. The van der Waals surface area contributed by atoms with E-state index in [0.717, 1.165) is 30.7 Å². The van der Waals surface area contributed by atoms with Crippen LogP contribution in [0.3, 0.4) is 0 Å². The molecular weight excluding hydrogens is 426 g/mol. The third kappa shape index (κ3) is 4.44. The number of benzene rings is 2. The van der Waals surface area contributed by atoms with Gasteiger partial charge in [0.15, 0.2) is 5.82 Å². The third-order valence-corrected chi connectivity index (χ3v) is 7.81. The number of amides is 1. The van der Waals surface area contributed by atoms with Crippen molar-refractivity contribution >= 4 is 21.6 Å². The van der Waals surface area contributed by atoms with E-state index in [1.54, 1.807) is 35.5 Å². The van der Waals surface area contributed by atoms with Gasteiger partial charge in [-0.25, -0.2) is 13.4 Å². The van der Waals surface area contributed by atoms with Gasteiger partial charge < -0.3 is 5.32 Å². The highest BCUT2D eigenvalue weighted by molar-refractivity contribution is 7.89. The Morgan fingerprint density at radius 2 is 1.88 bits per heavy atom. The lowest BCUT2D eigenvalue weighted by Gasteiger charge is -2.32. The number of rotatable bonds is 5. The first-order valence-electron chi connectivity index (χ1n) is 10.7. The molecule has 1 amide bonds. The van der Waals surface area contributed by atoms with Crippen LogP contribution in [0, 0.1) is 13.8 Å². The highest BCUT2D eigenvalue weighted by Crippen LogP contribution is 2.27. The summed E-state index contributed by atoms with van der Waals surface area (Å²) >= 11 is 0. The largest absolute Gasteiger partial charge is 0.322 e. The molecule has 1 fully saturated rings. The number of nitrogens with zero attached hydrogens (tertiary/aromatic N) is 3. The molecule has 1 aliphatic rings.